The Hall–Kier alpha value is -2.45. The minimum absolute atomic E-state index is 0.0429. The number of nitrogens with one attached hydrogen (secondary N) is 1. The minimum Gasteiger partial charge on any atom is -0.481 e. The van der Waals surface area contributed by atoms with E-state index in [2.05, 4.69) is 10.4 Å². The molecule has 9 heteroatoms. The van der Waals surface area contributed by atoms with Crippen LogP contribution in [0.3, 0.4) is 0 Å². The number of amides is 1. The van der Waals surface area contributed by atoms with Crippen LogP contribution in [0.1, 0.15) is 25.7 Å². The van der Waals surface area contributed by atoms with Gasteiger partial charge < -0.3 is 20.5 Å². The highest BCUT2D eigenvalue weighted by Crippen LogP contribution is 2.24. The molecule has 0 unspecified atom stereocenters. The van der Waals surface area contributed by atoms with Crippen LogP contribution < -0.4 is 5.32 Å². The van der Waals surface area contributed by atoms with Crippen molar-refractivity contribution < 1.29 is 19.6 Å². The Morgan fingerprint density at radius 3 is 2.62 bits per heavy atom. The smallest absolute Gasteiger partial charge is 0.389 e. The topological polar surface area (TPSA) is 127 Å². The highest BCUT2D eigenvalue weighted by atomic mass is 16.6. The van der Waals surface area contributed by atoms with Crippen molar-refractivity contribution in [2.45, 2.75) is 38.3 Å². The molecule has 1 saturated carbocycles. The van der Waals surface area contributed by atoms with Crippen molar-refractivity contribution in [1.29, 1.82) is 0 Å². The Balaban J connectivity index is 1.79. The van der Waals surface area contributed by atoms with Gasteiger partial charge in [0.05, 0.1) is 23.3 Å². The van der Waals surface area contributed by atoms with Gasteiger partial charge in [0, 0.05) is 6.04 Å². The maximum Gasteiger partial charge on any atom is 0.389 e. The van der Waals surface area contributed by atoms with Crippen LogP contribution in [-0.2, 0) is 16.1 Å². The Morgan fingerprint density at radius 1 is 1.43 bits per heavy atom. The first-order valence-electron chi connectivity index (χ1n) is 6.65. The first-order chi connectivity index (χ1) is 9.95. The van der Waals surface area contributed by atoms with Gasteiger partial charge in [-0.2, -0.15) is 4.68 Å². The largest absolute Gasteiger partial charge is 0.481 e. The summed E-state index contributed by atoms with van der Waals surface area (Å²) in [6, 6.07) is 1.18. The summed E-state index contributed by atoms with van der Waals surface area (Å²) in [5.74, 6) is -1.70. The summed E-state index contributed by atoms with van der Waals surface area (Å²) in [5.41, 5.74) is 0. The minimum atomic E-state index is -0.788. The number of carbonyl (C=O) groups is 2. The van der Waals surface area contributed by atoms with Crippen molar-refractivity contribution in [3.05, 3.63) is 22.4 Å². The van der Waals surface area contributed by atoms with Gasteiger partial charge in [0.25, 0.3) is 0 Å². The van der Waals surface area contributed by atoms with Crippen LogP contribution in [0.4, 0.5) is 5.82 Å². The number of hydrogen-bond donors (Lipinski definition) is 2. The summed E-state index contributed by atoms with van der Waals surface area (Å²) in [4.78, 5) is 32.5. The van der Waals surface area contributed by atoms with Crippen molar-refractivity contribution in [2.24, 2.45) is 5.92 Å². The molecule has 114 valence electrons. The van der Waals surface area contributed by atoms with E-state index in [1.165, 1.54) is 16.9 Å². The van der Waals surface area contributed by atoms with Crippen LogP contribution in [0.15, 0.2) is 12.3 Å². The summed E-state index contributed by atoms with van der Waals surface area (Å²) in [7, 11) is 0. The zero-order valence-corrected chi connectivity index (χ0v) is 11.3. The van der Waals surface area contributed by atoms with Crippen molar-refractivity contribution in [1.82, 2.24) is 15.1 Å². The second-order valence-electron chi connectivity index (χ2n) is 5.08. The van der Waals surface area contributed by atoms with Crippen LogP contribution >= 0.6 is 0 Å². The lowest BCUT2D eigenvalue weighted by Gasteiger charge is -2.26. The number of nitro groups is 1. The number of nitrogens with zero attached hydrogens (tertiary/aromatic N) is 3. The van der Waals surface area contributed by atoms with E-state index >= 15 is 0 Å². The normalized spacial score (nSPS) is 21.7. The monoisotopic (exact) mass is 296 g/mol. The summed E-state index contributed by atoms with van der Waals surface area (Å²) >= 11 is 0. The number of carbonyl (C=O) groups excluding carboxylic acids is 1. The van der Waals surface area contributed by atoms with Gasteiger partial charge in [-0.3, -0.25) is 9.59 Å². The van der Waals surface area contributed by atoms with Gasteiger partial charge in [-0.1, -0.05) is 0 Å². The third kappa shape index (κ3) is 4.01. The fraction of sp³-hybridized carbons (Fsp3) is 0.583. The van der Waals surface area contributed by atoms with Crippen LogP contribution in [0.25, 0.3) is 0 Å². The van der Waals surface area contributed by atoms with E-state index in [-0.39, 0.29) is 30.2 Å². The van der Waals surface area contributed by atoms with E-state index in [1.807, 2.05) is 0 Å². The molecule has 0 aliphatic heterocycles. The molecule has 9 nitrogen and oxygen atoms in total. The molecule has 1 heterocycles. The lowest BCUT2D eigenvalue weighted by molar-refractivity contribution is -0.389. The average molecular weight is 296 g/mol. The summed E-state index contributed by atoms with van der Waals surface area (Å²) in [6.07, 6.45) is 3.73. The molecular formula is C12H16N4O5. The quantitative estimate of drug-likeness (QED) is 0.603. The van der Waals surface area contributed by atoms with E-state index in [0.717, 1.165) is 0 Å². The zero-order valence-electron chi connectivity index (χ0n) is 11.3. The zero-order chi connectivity index (χ0) is 15.4. The number of carboxylic acids is 1. The molecule has 0 radical (unpaired) electrons. The molecule has 2 rings (SSSR count). The lowest BCUT2D eigenvalue weighted by atomic mass is 9.86. The third-order valence-corrected chi connectivity index (χ3v) is 3.56. The molecule has 0 bridgehead atoms. The fourth-order valence-electron chi connectivity index (χ4n) is 2.44. The molecule has 2 N–H and O–H groups in total. The third-order valence-electron chi connectivity index (χ3n) is 3.56. The Kier molecular flexibility index (Phi) is 4.51. The molecule has 1 fully saturated rings. The first-order valence-corrected chi connectivity index (χ1v) is 6.65. The van der Waals surface area contributed by atoms with Gasteiger partial charge in [0.2, 0.25) is 5.91 Å². The maximum absolute atomic E-state index is 11.8. The summed E-state index contributed by atoms with van der Waals surface area (Å²) in [6.45, 7) is -0.0906. The number of aromatic nitrogens is 2. The Bertz CT molecular complexity index is 548. The molecular weight excluding hydrogens is 280 g/mol. The fourth-order valence-corrected chi connectivity index (χ4v) is 2.44. The van der Waals surface area contributed by atoms with Gasteiger partial charge in [0.1, 0.15) is 6.54 Å². The second kappa shape index (κ2) is 6.33. The standard InChI is InChI=1S/C12H16N4O5/c17-11(7-15-6-5-10(14-15)16(20)21)13-9-3-1-8(2-4-9)12(18)19/h5-6,8-9H,1-4,7H2,(H,13,17)(H,18,19). The van der Waals surface area contributed by atoms with Gasteiger partial charge in [-0.05, 0) is 30.6 Å². The predicted octanol–water partition coefficient (Wildman–Crippen LogP) is 0.551. The molecule has 1 amide bonds. The van der Waals surface area contributed by atoms with Crippen molar-refractivity contribution >= 4 is 17.7 Å². The van der Waals surface area contributed by atoms with Crippen molar-refractivity contribution in [3.63, 3.8) is 0 Å². The van der Waals surface area contributed by atoms with E-state index in [9.17, 15) is 19.7 Å². The molecule has 1 aliphatic carbocycles. The van der Waals surface area contributed by atoms with Crippen LogP contribution in [0.2, 0.25) is 0 Å². The highest BCUT2D eigenvalue weighted by Gasteiger charge is 2.26. The molecule has 1 aromatic rings. The molecule has 1 aromatic heterocycles. The number of aliphatic carboxylic acids is 1. The SMILES string of the molecule is O=C(Cn1ccc([N+](=O)[O-])n1)NC1CCC(C(=O)O)CC1. The van der Waals surface area contributed by atoms with E-state index in [1.54, 1.807) is 0 Å². The number of rotatable bonds is 5. The number of carboxylic acid groups (broad SMARTS) is 1. The lowest BCUT2D eigenvalue weighted by Crippen LogP contribution is -2.40. The predicted molar refractivity (Wildman–Crippen MR) is 70.4 cm³/mol. The highest BCUT2D eigenvalue weighted by molar-refractivity contribution is 5.76. The number of hydrogen-bond acceptors (Lipinski definition) is 5. The van der Waals surface area contributed by atoms with Crippen LogP contribution in [-0.4, -0.2) is 37.7 Å². The van der Waals surface area contributed by atoms with Gasteiger partial charge in [0.15, 0.2) is 0 Å². The van der Waals surface area contributed by atoms with Gasteiger partial charge in [-0.25, -0.2) is 0 Å². The van der Waals surface area contributed by atoms with E-state index in [4.69, 9.17) is 5.11 Å². The molecule has 0 aromatic carbocycles. The molecule has 1 aliphatic rings. The van der Waals surface area contributed by atoms with Gasteiger partial charge >= 0.3 is 11.8 Å². The molecule has 0 spiro atoms. The van der Waals surface area contributed by atoms with Crippen molar-refractivity contribution in [2.75, 3.05) is 0 Å². The maximum atomic E-state index is 11.8. The summed E-state index contributed by atoms with van der Waals surface area (Å²) < 4.78 is 1.20. The molecule has 21 heavy (non-hydrogen) atoms. The second-order valence-corrected chi connectivity index (χ2v) is 5.08. The first kappa shape index (κ1) is 14.9. The Labute approximate surface area is 120 Å². The van der Waals surface area contributed by atoms with Crippen molar-refractivity contribution in [3.8, 4) is 0 Å². The summed E-state index contributed by atoms with van der Waals surface area (Å²) in [5, 5.41) is 25.8. The van der Waals surface area contributed by atoms with Crippen LogP contribution in [0, 0.1) is 16.0 Å². The molecule has 0 saturated heterocycles. The Morgan fingerprint density at radius 2 is 2.10 bits per heavy atom. The van der Waals surface area contributed by atoms with Gasteiger partial charge in [-0.15, -0.1) is 0 Å². The van der Waals surface area contributed by atoms with Crippen LogP contribution in [0.5, 0.6) is 0 Å². The molecule has 0 atom stereocenters. The van der Waals surface area contributed by atoms with E-state index < -0.39 is 10.9 Å². The average Bonchev–Trinajstić information content (AvgIpc) is 2.87. The van der Waals surface area contributed by atoms with E-state index in [0.29, 0.717) is 25.7 Å².